The number of amides is 1. The number of carbonyl (C=O) groups is 1. The van der Waals surface area contributed by atoms with Gasteiger partial charge in [-0.3, -0.25) is 4.79 Å². The van der Waals surface area contributed by atoms with Crippen LogP contribution < -0.4 is 11.1 Å². The van der Waals surface area contributed by atoms with Crippen LogP contribution in [-0.4, -0.2) is 41.5 Å². The number of hydrogen-bond acceptors (Lipinski definition) is 3. The second-order valence-corrected chi connectivity index (χ2v) is 7.71. The molecule has 1 unspecified atom stereocenters. The van der Waals surface area contributed by atoms with Crippen molar-refractivity contribution in [1.82, 2.24) is 10.2 Å². The molecule has 0 aromatic heterocycles. The van der Waals surface area contributed by atoms with E-state index in [9.17, 15) is 4.79 Å². The quantitative estimate of drug-likeness (QED) is 0.779. The molecule has 0 spiro atoms. The summed E-state index contributed by atoms with van der Waals surface area (Å²) in [5.41, 5.74) is 5.55. The Bertz CT molecular complexity index is 368. The Morgan fingerprint density at radius 1 is 1.40 bits per heavy atom. The van der Waals surface area contributed by atoms with E-state index in [1.807, 2.05) is 0 Å². The summed E-state index contributed by atoms with van der Waals surface area (Å²) in [7, 11) is 2.08. The lowest BCUT2D eigenvalue weighted by Gasteiger charge is -2.41. The maximum absolute atomic E-state index is 12.3. The Labute approximate surface area is 128 Å². The monoisotopic (exact) mass is 299 g/mol. The smallest absolute Gasteiger partial charge is 0.221 e. The van der Waals surface area contributed by atoms with Crippen LogP contribution in [0.4, 0.5) is 0 Å². The van der Waals surface area contributed by atoms with Gasteiger partial charge in [0.05, 0.1) is 10.5 Å². The fraction of sp³-hybridized carbons (Fsp3) is 0.867. The van der Waals surface area contributed by atoms with Crippen molar-refractivity contribution in [3.63, 3.8) is 0 Å². The number of hydrogen-bond donors (Lipinski definition) is 2. The number of thiocarbonyl (C=S) groups is 1. The fourth-order valence-electron chi connectivity index (χ4n) is 2.34. The molecule has 1 aliphatic rings. The molecule has 1 fully saturated rings. The van der Waals surface area contributed by atoms with Crippen molar-refractivity contribution < 1.29 is 4.79 Å². The molecular weight excluding hydrogens is 270 g/mol. The van der Waals surface area contributed by atoms with Gasteiger partial charge in [0.25, 0.3) is 0 Å². The standard InChI is InChI=1S/C15H29N3OS/c1-11(14(2,3)4)10-12(19)17-15(13(16)20)6-8-18(5)9-7-15/h11H,6-10H2,1-5H3,(H2,16,20)(H,17,19). The van der Waals surface area contributed by atoms with Crippen LogP contribution in [-0.2, 0) is 4.79 Å². The first-order valence-corrected chi connectivity index (χ1v) is 7.77. The summed E-state index contributed by atoms with van der Waals surface area (Å²) in [6.45, 7) is 10.4. The summed E-state index contributed by atoms with van der Waals surface area (Å²) in [4.78, 5) is 15.0. The number of nitrogens with two attached hydrogens (primary N) is 1. The van der Waals surface area contributed by atoms with E-state index in [0.717, 1.165) is 25.9 Å². The molecule has 1 amide bonds. The van der Waals surface area contributed by atoms with E-state index in [1.165, 1.54) is 0 Å². The topological polar surface area (TPSA) is 58.4 Å². The average molecular weight is 299 g/mol. The number of piperidine rings is 1. The molecule has 4 nitrogen and oxygen atoms in total. The van der Waals surface area contributed by atoms with Crippen LogP contribution in [0.1, 0.15) is 47.0 Å². The SMILES string of the molecule is CC(CC(=O)NC1(C(N)=S)CCN(C)CC1)C(C)(C)C. The zero-order chi connectivity index (χ0) is 15.6. The van der Waals surface area contributed by atoms with Crippen LogP contribution >= 0.6 is 12.2 Å². The molecule has 1 atom stereocenters. The molecule has 0 aliphatic carbocycles. The Kier molecular flexibility index (Phi) is 5.55. The minimum Gasteiger partial charge on any atom is -0.391 e. The van der Waals surface area contributed by atoms with E-state index in [4.69, 9.17) is 18.0 Å². The molecule has 1 heterocycles. The van der Waals surface area contributed by atoms with Crippen molar-refractivity contribution in [1.29, 1.82) is 0 Å². The normalized spacial score (nSPS) is 21.2. The largest absolute Gasteiger partial charge is 0.391 e. The highest BCUT2D eigenvalue weighted by molar-refractivity contribution is 7.80. The molecule has 0 saturated carbocycles. The predicted molar refractivity (Wildman–Crippen MR) is 87.6 cm³/mol. The maximum atomic E-state index is 12.3. The summed E-state index contributed by atoms with van der Waals surface area (Å²) in [6, 6.07) is 0. The van der Waals surface area contributed by atoms with Crippen LogP contribution in [0.5, 0.6) is 0 Å². The highest BCUT2D eigenvalue weighted by Gasteiger charge is 2.38. The van der Waals surface area contributed by atoms with Crippen molar-refractivity contribution in [3.8, 4) is 0 Å². The maximum Gasteiger partial charge on any atom is 0.221 e. The van der Waals surface area contributed by atoms with Gasteiger partial charge in [0.2, 0.25) is 5.91 Å². The van der Waals surface area contributed by atoms with Crippen LogP contribution in [0.15, 0.2) is 0 Å². The third-order valence-corrected chi connectivity index (χ3v) is 5.05. The molecule has 1 aliphatic heterocycles. The van der Waals surface area contributed by atoms with E-state index < -0.39 is 5.54 Å². The van der Waals surface area contributed by atoms with Gasteiger partial charge >= 0.3 is 0 Å². The van der Waals surface area contributed by atoms with E-state index in [2.05, 4.69) is 45.0 Å². The zero-order valence-corrected chi connectivity index (χ0v) is 14.3. The molecule has 0 radical (unpaired) electrons. The lowest BCUT2D eigenvalue weighted by atomic mass is 9.79. The lowest BCUT2D eigenvalue weighted by Crippen LogP contribution is -2.61. The molecule has 3 N–H and O–H groups in total. The van der Waals surface area contributed by atoms with Gasteiger partial charge in [-0.15, -0.1) is 0 Å². The van der Waals surface area contributed by atoms with Gasteiger partial charge in [0.15, 0.2) is 0 Å². The van der Waals surface area contributed by atoms with E-state index in [0.29, 0.717) is 17.3 Å². The minimum absolute atomic E-state index is 0.0600. The van der Waals surface area contributed by atoms with Crippen molar-refractivity contribution in [3.05, 3.63) is 0 Å². The fourth-order valence-corrected chi connectivity index (χ4v) is 2.59. The zero-order valence-electron chi connectivity index (χ0n) is 13.5. The molecule has 20 heavy (non-hydrogen) atoms. The number of nitrogens with one attached hydrogen (secondary N) is 1. The van der Waals surface area contributed by atoms with Gasteiger partial charge in [-0.2, -0.15) is 0 Å². The second kappa shape index (κ2) is 6.39. The van der Waals surface area contributed by atoms with Crippen LogP contribution in [0.2, 0.25) is 0 Å². The van der Waals surface area contributed by atoms with E-state index in [-0.39, 0.29) is 11.3 Å². The van der Waals surface area contributed by atoms with Gasteiger partial charge in [-0.1, -0.05) is 39.9 Å². The minimum atomic E-state index is -0.490. The Hall–Kier alpha value is -0.680. The first-order valence-electron chi connectivity index (χ1n) is 7.36. The van der Waals surface area contributed by atoms with Crippen LogP contribution in [0, 0.1) is 11.3 Å². The number of likely N-dealkylation sites (tertiary alicyclic amines) is 1. The molecule has 0 aromatic rings. The van der Waals surface area contributed by atoms with Gasteiger partial charge in [0, 0.05) is 19.5 Å². The summed E-state index contributed by atoms with van der Waals surface area (Å²) in [6.07, 6.45) is 2.12. The molecule has 0 bridgehead atoms. The van der Waals surface area contributed by atoms with Gasteiger partial charge in [-0.25, -0.2) is 0 Å². The van der Waals surface area contributed by atoms with Crippen LogP contribution in [0.3, 0.4) is 0 Å². The highest BCUT2D eigenvalue weighted by Crippen LogP contribution is 2.29. The molecule has 116 valence electrons. The number of rotatable bonds is 4. The van der Waals surface area contributed by atoms with Gasteiger partial charge in [0.1, 0.15) is 0 Å². The number of nitrogens with zero attached hydrogens (tertiary/aromatic N) is 1. The van der Waals surface area contributed by atoms with Crippen molar-refractivity contribution in [2.45, 2.75) is 52.5 Å². The first-order chi connectivity index (χ1) is 9.07. The molecule has 1 saturated heterocycles. The Morgan fingerprint density at radius 3 is 2.30 bits per heavy atom. The molecule has 0 aromatic carbocycles. The molecular formula is C15H29N3OS. The van der Waals surface area contributed by atoms with Crippen molar-refractivity contribution >= 4 is 23.1 Å². The highest BCUT2D eigenvalue weighted by atomic mass is 32.1. The summed E-state index contributed by atoms with van der Waals surface area (Å²) < 4.78 is 0. The number of carbonyl (C=O) groups excluding carboxylic acids is 1. The predicted octanol–water partition coefficient (Wildman–Crippen LogP) is 1.93. The third kappa shape index (κ3) is 4.42. The van der Waals surface area contributed by atoms with Crippen molar-refractivity contribution in [2.24, 2.45) is 17.1 Å². The molecule has 5 heteroatoms. The van der Waals surface area contributed by atoms with Crippen molar-refractivity contribution in [2.75, 3.05) is 20.1 Å². The second-order valence-electron chi connectivity index (χ2n) is 7.27. The summed E-state index contributed by atoms with van der Waals surface area (Å²) in [5.74, 6) is 0.377. The van der Waals surface area contributed by atoms with E-state index in [1.54, 1.807) is 0 Å². The van der Waals surface area contributed by atoms with Gasteiger partial charge < -0.3 is 16.0 Å². The van der Waals surface area contributed by atoms with E-state index >= 15 is 0 Å². The Morgan fingerprint density at radius 2 is 1.90 bits per heavy atom. The summed E-state index contributed by atoms with van der Waals surface area (Å²) >= 11 is 5.22. The molecule has 1 rings (SSSR count). The lowest BCUT2D eigenvalue weighted by molar-refractivity contribution is -0.124. The summed E-state index contributed by atoms with van der Waals surface area (Å²) in [5, 5.41) is 3.12. The first kappa shape index (κ1) is 17.4. The Balaban J connectivity index is 2.68. The third-order valence-electron chi connectivity index (χ3n) is 4.66. The average Bonchev–Trinajstić information content (AvgIpc) is 2.30. The van der Waals surface area contributed by atoms with Crippen LogP contribution in [0.25, 0.3) is 0 Å². The van der Waals surface area contributed by atoms with Gasteiger partial charge in [-0.05, 0) is 31.2 Å².